The number of hydrogen-bond acceptors (Lipinski definition) is 4. The molecule has 0 saturated carbocycles. The average molecular weight is 211 g/mol. The second-order valence-electron chi connectivity index (χ2n) is 3.39. The fourth-order valence-electron chi connectivity index (χ4n) is 1.21. The Hall–Kier alpha value is -0.610. The van der Waals surface area contributed by atoms with Crippen molar-refractivity contribution in [1.29, 1.82) is 0 Å². The Morgan fingerprint density at radius 2 is 2.43 bits per heavy atom. The summed E-state index contributed by atoms with van der Waals surface area (Å²) in [4.78, 5) is 8.02. The Morgan fingerprint density at radius 3 is 3.07 bits per heavy atom. The SMILES string of the molecule is CSCC(C)CNCc1ccncn1. The fraction of sp³-hybridized carbons (Fsp3) is 0.600. The van der Waals surface area contributed by atoms with Gasteiger partial charge in [0.2, 0.25) is 0 Å². The monoisotopic (exact) mass is 211 g/mol. The zero-order valence-corrected chi connectivity index (χ0v) is 9.55. The van der Waals surface area contributed by atoms with Crippen molar-refractivity contribution >= 4 is 11.8 Å². The summed E-state index contributed by atoms with van der Waals surface area (Å²) in [6.07, 6.45) is 5.50. The molecule has 0 aliphatic carbocycles. The lowest BCUT2D eigenvalue weighted by Crippen LogP contribution is -2.22. The minimum absolute atomic E-state index is 0.715. The van der Waals surface area contributed by atoms with Gasteiger partial charge in [-0.15, -0.1) is 0 Å². The Labute approximate surface area is 89.7 Å². The van der Waals surface area contributed by atoms with Crippen molar-refractivity contribution in [3.05, 3.63) is 24.3 Å². The number of aromatic nitrogens is 2. The highest BCUT2D eigenvalue weighted by molar-refractivity contribution is 7.98. The first-order valence-corrected chi connectivity index (χ1v) is 6.17. The van der Waals surface area contributed by atoms with E-state index in [-0.39, 0.29) is 0 Å². The van der Waals surface area contributed by atoms with Crippen molar-refractivity contribution in [2.45, 2.75) is 13.5 Å². The lowest BCUT2D eigenvalue weighted by atomic mass is 10.2. The summed E-state index contributed by atoms with van der Waals surface area (Å²) in [6.45, 7) is 4.13. The van der Waals surface area contributed by atoms with Crippen LogP contribution in [0.4, 0.5) is 0 Å². The second kappa shape index (κ2) is 6.79. The van der Waals surface area contributed by atoms with E-state index >= 15 is 0 Å². The lowest BCUT2D eigenvalue weighted by molar-refractivity contribution is 0.554. The molecule has 0 aromatic carbocycles. The molecule has 1 unspecified atom stereocenters. The molecule has 14 heavy (non-hydrogen) atoms. The standard InChI is InChI=1S/C10H17N3S/c1-9(7-14-2)5-12-6-10-3-4-11-8-13-10/h3-4,8-9,12H,5-7H2,1-2H3. The van der Waals surface area contributed by atoms with Gasteiger partial charge >= 0.3 is 0 Å². The van der Waals surface area contributed by atoms with Gasteiger partial charge in [-0.25, -0.2) is 9.97 Å². The molecule has 0 amide bonds. The van der Waals surface area contributed by atoms with Crippen molar-refractivity contribution < 1.29 is 0 Å². The molecule has 0 bridgehead atoms. The van der Waals surface area contributed by atoms with E-state index in [1.807, 2.05) is 17.8 Å². The maximum Gasteiger partial charge on any atom is 0.115 e. The van der Waals surface area contributed by atoms with Crippen molar-refractivity contribution in [2.24, 2.45) is 5.92 Å². The average Bonchev–Trinajstić information content (AvgIpc) is 2.20. The number of hydrogen-bond donors (Lipinski definition) is 1. The van der Waals surface area contributed by atoms with E-state index in [1.54, 1.807) is 12.5 Å². The van der Waals surface area contributed by atoms with Crippen LogP contribution in [0, 0.1) is 5.92 Å². The fourth-order valence-corrected chi connectivity index (χ4v) is 1.90. The van der Waals surface area contributed by atoms with Crippen LogP contribution >= 0.6 is 11.8 Å². The second-order valence-corrected chi connectivity index (χ2v) is 4.30. The van der Waals surface area contributed by atoms with Crippen LogP contribution in [0.15, 0.2) is 18.6 Å². The minimum Gasteiger partial charge on any atom is -0.311 e. The third kappa shape index (κ3) is 4.58. The van der Waals surface area contributed by atoms with Gasteiger partial charge < -0.3 is 5.32 Å². The molecule has 1 N–H and O–H groups in total. The van der Waals surface area contributed by atoms with Crippen LogP contribution in [0.1, 0.15) is 12.6 Å². The Balaban J connectivity index is 2.16. The van der Waals surface area contributed by atoms with Crippen LogP contribution in [-0.2, 0) is 6.54 Å². The summed E-state index contributed by atoms with van der Waals surface area (Å²) < 4.78 is 0. The van der Waals surface area contributed by atoms with Crippen molar-refractivity contribution in [3.63, 3.8) is 0 Å². The van der Waals surface area contributed by atoms with Crippen molar-refractivity contribution in [3.8, 4) is 0 Å². The molecule has 0 fully saturated rings. The highest BCUT2D eigenvalue weighted by Crippen LogP contribution is 2.02. The van der Waals surface area contributed by atoms with Gasteiger partial charge in [0.25, 0.3) is 0 Å². The van der Waals surface area contributed by atoms with Gasteiger partial charge in [0, 0.05) is 12.7 Å². The Bertz CT molecular complexity index is 240. The molecule has 1 aromatic heterocycles. The highest BCUT2D eigenvalue weighted by atomic mass is 32.2. The van der Waals surface area contributed by atoms with Crippen LogP contribution in [-0.4, -0.2) is 28.5 Å². The summed E-state index contributed by atoms with van der Waals surface area (Å²) >= 11 is 1.89. The molecule has 78 valence electrons. The van der Waals surface area contributed by atoms with Crippen molar-refractivity contribution in [2.75, 3.05) is 18.6 Å². The topological polar surface area (TPSA) is 37.8 Å². The molecule has 1 aromatic rings. The molecular formula is C10H17N3S. The van der Waals surface area contributed by atoms with Crippen LogP contribution in [0.3, 0.4) is 0 Å². The largest absolute Gasteiger partial charge is 0.311 e. The van der Waals surface area contributed by atoms with Gasteiger partial charge in [0.15, 0.2) is 0 Å². The number of nitrogens with one attached hydrogen (secondary N) is 1. The van der Waals surface area contributed by atoms with Crippen LogP contribution in [0.5, 0.6) is 0 Å². The molecule has 1 rings (SSSR count). The molecule has 0 spiro atoms. The lowest BCUT2D eigenvalue weighted by Gasteiger charge is -2.10. The predicted octanol–water partition coefficient (Wildman–Crippen LogP) is 1.57. The molecular weight excluding hydrogens is 194 g/mol. The number of thioether (sulfide) groups is 1. The Kier molecular flexibility index (Phi) is 5.56. The molecule has 0 aliphatic heterocycles. The third-order valence-electron chi connectivity index (χ3n) is 1.89. The van der Waals surface area contributed by atoms with Crippen LogP contribution < -0.4 is 5.32 Å². The van der Waals surface area contributed by atoms with E-state index in [0.717, 1.165) is 18.8 Å². The van der Waals surface area contributed by atoms with Crippen LogP contribution in [0.25, 0.3) is 0 Å². The molecule has 0 aliphatic rings. The molecule has 1 atom stereocenters. The molecule has 1 heterocycles. The van der Waals surface area contributed by atoms with Gasteiger partial charge in [0.05, 0.1) is 5.69 Å². The van der Waals surface area contributed by atoms with Crippen molar-refractivity contribution in [1.82, 2.24) is 15.3 Å². The van der Waals surface area contributed by atoms with E-state index in [4.69, 9.17) is 0 Å². The summed E-state index contributed by atoms with van der Waals surface area (Å²) in [7, 11) is 0. The van der Waals surface area contributed by atoms with Gasteiger partial charge in [-0.05, 0) is 30.5 Å². The molecule has 4 heteroatoms. The summed E-state index contributed by atoms with van der Waals surface area (Å²) in [6, 6.07) is 1.94. The van der Waals surface area contributed by atoms with E-state index in [0.29, 0.717) is 5.92 Å². The third-order valence-corrected chi connectivity index (χ3v) is 2.80. The first-order valence-electron chi connectivity index (χ1n) is 4.77. The predicted molar refractivity (Wildman–Crippen MR) is 61.3 cm³/mol. The zero-order chi connectivity index (χ0) is 10.2. The number of nitrogens with zero attached hydrogens (tertiary/aromatic N) is 2. The first kappa shape index (κ1) is 11.5. The smallest absolute Gasteiger partial charge is 0.115 e. The van der Waals surface area contributed by atoms with E-state index in [1.165, 1.54) is 5.75 Å². The molecule has 0 saturated heterocycles. The zero-order valence-electron chi connectivity index (χ0n) is 8.73. The van der Waals surface area contributed by atoms with E-state index in [2.05, 4.69) is 28.5 Å². The van der Waals surface area contributed by atoms with Gasteiger partial charge in [0.1, 0.15) is 6.33 Å². The maximum atomic E-state index is 4.14. The van der Waals surface area contributed by atoms with E-state index in [9.17, 15) is 0 Å². The Morgan fingerprint density at radius 1 is 1.57 bits per heavy atom. The van der Waals surface area contributed by atoms with Gasteiger partial charge in [-0.2, -0.15) is 11.8 Å². The summed E-state index contributed by atoms with van der Waals surface area (Å²) in [5.41, 5.74) is 1.05. The molecule has 3 nitrogen and oxygen atoms in total. The van der Waals surface area contributed by atoms with E-state index < -0.39 is 0 Å². The van der Waals surface area contributed by atoms with Crippen LogP contribution in [0.2, 0.25) is 0 Å². The first-order chi connectivity index (χ1) is 6.83. The summed E-state index contributed by atoms with van der Waals surface area (Å²) in [5, 5.41) is 3.38. The quantitative estimate of drug-likeness (QED) is 0.775. The maximum absolute atomic E-state index is 4.14. The molecule has 0 radical (unpaired) electrons. The van der Waals surface area contributed by atoms with Gasteiger partial charge in [-0.3, -0.25) is 0 Å². The summed E-state index contributed by atoms with van der Waals surface area (Å²) in [5.74, 6) is 1.92. The number of rotatable bonds is 6. The highest BCUT2D eigenvalue weighted by Gasteiger charge is 2.00. The van der Waals surface area contributed by atoms with Gasteiger partial charge in [-0.1, -0.05) is 6.92 Å². The normalized spacial score (nSPS) is 12.7. The minimum atomic E-state index is 0.715.